The summed E-state index contributed by atoms with van der Waals surface area (Å²) in [5.41, 5.74) is 5.24. The van der Waals surface area contributed by atoms with Gasteiger partial charge in [0.25, 0.3) is 0 Å². The summed E-state index contributed by atoms with van der Waals surface area (Å²) in [6.45, 7) is 8.11. The zero-order chi connectivity index (χ0) is 10.2. The first-order valence-corrected chi connectivity index (χ1v) is 4.56. The molecule has 13 heavy (non-hydrogen) atoms. The minimum atomic E-state index is -0.420. The summed E-state index contributed by atoms with van der Waals surface area (Å²) in [5.74, 6) is 0. The molecule has 0 saturated carbocycles. The van der Waals surface area contributed by atoms with Crippen molar-refractivity contribution in [2.45, 2.75) is 45.4 Å². The summed E-state index contributed by atoms with van der Waals surface area (Å²) in [5, 5.41) is 0. The van der Waals surface area contributed by atoms with Crippen LogP contribution in [0.3, 0.4) is 0 Å². The minimum Gasteiger partial charge on any atom is -0.444 e. The maximum atomic E-state index is 11.4. The highest BCUT2D eigenvalue weighted by molar-refractivity contribution is 5.70. The molecule has 0 radical (unpaired) electrons. The normalized spacial score (nSPS) is 28.2. The second-order valence-electron chi connectivity index (χ2n) is 4.54. The van der Waals surface area contributed by atoms with Crippen molar-refractivity contribution in [3.63, 3.8) is 0 Å². The van der Waals surface area contributed by atoms with E-state index in [1.165, 1.54) is 0 Å². The molecule has 2 N–H and O–H groups in total. The van der Waals surface area contributed by atoms with Crippen molar-refractivity contribution in [1.82, 2.24) is 4.90 Å². The number of nitrogens with zero attached hydrogens (tertiary/aromatic N) is 1. The molecule has 0 aromatic heterocycles. The molecule has 1 saturated heterocycles. The number of hydrogen-bond donors (Lipinski definition) is 1. The Hall–Kier alpha value is -0.770. The summed E-state index contributed by atoms with van der Waals surface area (Å²) in [4.78, 5) is 13.1. The minimum absolute atomic E-state index is 0.104. The van der Waals surface area contributed by atoms with Gasteiger partial charge in [-0.15, -0.1) is 0 Å². The molecule has 1 rings (SSSR count). The lowest BCUT2D eigenvalue weighted by molar-refractivity contribution is -0.00861. The van der Waals surface area contributed by atoms with E-state index >= 15 is 0 Å². The fourth-order valence-corrected chi connectivity index (χ4v) is 1.20. The third-order valence-corrected chi connectivity index (χ3v) is 2.15. The zero-order valence-corrected chi connectivity index (χ0v) is 8.70. The van der Waals surface area contributed by atoms with E-state index in [0.29, 0.717) is 6.54 Å². The molecule has 0 spiro atoms. The van der Waals surface area contributed by atoms with Crippen LogP contribution in [-0.4, -0.2) is 35.2 Å². The first-order chi connectivity index (χ1) is 5.81. The number of carbonyl (C=O) groups excluding carboxylic acids is 1. The first-order valence-electron chi connectivity index (χ1n) is 4.56. The second kappa shape index (κ2) is 3.18. The van der Waals surface area contributed by atoms with E-state index in [4.69, 9.17) is 10.5 Å². The molecular weight excluding hydrogens is 168 g/mol. The highest BCUT2D eigenvalue weighted by Gasteiger charge is 2.38. The third kappa shape index (κ3) is 2.34. The van der Waals surface area contributed by atoms with E-state index < -0.39 is 5.60 Å². The Balaban J connectivity index is 2.42. The molecule has 0 aromatic carbocycles. The van der Waals surface area contributed by atoms with Crippen molar-refractivity contribution in [2.75, 3.05) is 6.54 Å². The summed E-state index contributed by atoms with van der Waals surface area (Å²) in [7, 11) is 0. The monoisotopic (exact) mass is 186 g/mol. The maximum Gasteiger partial charge on any atom is 0.410 e. The number of rotatable bonds is 0. The van der Waals surface area contributed by atoms with Crippen molar-refractivity contribution >= 4 is 6.09 Å². The summed E-state index contributed by atoms with van der Waals surface area (Å²) < 4.78 is 5.19. The number of likely N-dealkylation sites (tertiary alicyclic amines) is 1. The molecule has 0 aromatic rings. The Labute approximate surface area is 79.0 Å². The van der Waals surface area contributed by atoms with Gasteiger partial charge in [0, 0.05) is 18.6 Å². The van der Waals surface area contributed by atoms with Gasteiger partial charge < -0.3 is 15.4 Å². The number of ether oxygens (including phenoxy) is 1. The SMILES string of the molecule is C[C@H]1C(N)CN1C(=O)OC(C)(C)C. The smallest absolute Gasteiger partial charge is 0.410 e. The van der Waals surface area contributed by atoms with Crippen molar-refractivity contribution in [3.05, 3.63) is 0 Å². The topological polar surface area (TPSA) is 55.6 Å². The van der Waals surface area contributed by atoms with Crippen LogP contribution in [-0.2, 0) is 4.74 Å². The van der Waals surface area contributed by atoms with E-state index in [9.17, 15) is 4.79 Å². The summed E-state index contributed by atoms with van der Waals surface area (Å²) >= 11 is 0. The van der Waals surface area contributed by atoms with Gasteiger partial charge in [0.2, 0.25) is 0 Å². The average Bonchev–Trinajstić information content (AvgIpc) is 1.95. The van der Waals surface area contributed by atoms with Crippen molar-refractivity contribution < 1.29 is 9.53 Å². The van der Waals surface area contributed by atoms with Crippen LogP contribution in [0.15, 0.2) is 0 Å². The molecule has 76 valence electrons. The van der Waals surface area contributed by atoms with Crippen LogP contribution in [0.1, 0.15) is 27.7 Å². The van der Waals surface area contributed by atoms with Gasteiger partial charge in [-0.3, -0.25) is 0 Å². The van der Waals surface area contributed by atoms with Crippen molar-refractivity contribution in [3.8, 4) is 0 Å². The first kappa shape index (κ1) is 10.3. The molecule has 0 bridgehead atoms. The van der Waals surface area contributed by atoms with Gasteiger partial charge in [0.1, 0.15) is 5.60 Å². The molecule has 1 aliphatic rings. The quantitative estimate of drug-likeness (QED) is 0.613. The molecule has 0 aliphatic carbocycles. The van der Waals surface area contributed by atoms with E-state index in [1.54, 1.807) is 4.90 Å². The van der Waals surface area contributed by atoms with E-state index in [1.807, 2.05) is 27.7 Å². The Bertz CT molecular complexity index is 210. The predicted molar refractivity (Wildman–Crippen MR) is 50.4 cm³/mol. The lowest BCUT2D eigenvalue weighted by Crippen LogP contribution is -2.65. The van der Waals surface area contributed by atoms with Crippen LogP contribution in [0.4, 0.5) is 4.79 Å². The second-order valence-corrected chi connectivity index (χ2v) is 4.54. The van der Waals surface area contributed by atoms with Gasteiger partial charge in [0.15, 0.2) is 0 Å². The summed E-state index contributed by atoms with van der Waals surface area (Å²) in [6.07, 6.45) is -0.262. The lowest BCUT2D eigenvalue weighted by Gasteiger charge is -2.44. The third-order valence-electron chi connectivity index (χ3n) is 2.15. The number of carbonyl (C=O) groups is 1. The van der Waals surface area contributed by atoms with E-state index in [-0.39, 0.29) is 18.2 Å². The fourth-order valence-electron chi connectivity index (χ4n) is 1.20. The molecular formula is C9H18N2O2. The standard InChI is InChI=1S/C9H18N2O2/c1-6-7(10)5-11(6)8(12)13-9(2,3)4/h6-7H,5,10H2,1-4H3/t6-,7?/m0/s1. The van der Waals surface area contributed by atoms with Crippen LogP contribution in [0.25, 0.3) is 0 Å². The van der Waals surface area contributed by atoms with Crippen LogP contribution in [0.2, 0.25) is 0 Å². The average molecular weight is 186 g/mol. The molecule has 1 heterocycles. The highest BCUT2D eigenvalue weighted by atomic mass is 16.6. The fraction of sp³-hybridized carbons (Fsp3) is 0.889. The molecule has 1 aliphatic heterocycles. The number of nitrogens with two attached hydrogens (primary N) is 1. The molecule has 1 fully saturated rings. The van der Waals surface area contributed by atoms with E-state index in [2.05, 4.69) is 0 Å². The van der Waals surface area contributed by atoms with E-state index in [0.717, 1.165) is 0 Å². The molecule has 4 heteroatoms. The maximum absolute atomic E-state index is 11.4. The van der Waals surface area contributed by atoms with Gasteiger partial charge >= 0.3 is 6.09 Å². The Morgan fingerprint density at radius 2 is 2.08 bits per heavy atom. The lowest BCUT2D eigenvalue weighted by atomic mass is 10.0. The van der Waals surface area contributed by atoms with Crippen molar-refractivity contribution in [1.29, 1.82) is 0 Å². The Morgan fingerprint density at radius 3 is 2.38 bits per heavy atom. The van der Waals surface area contributed by atoms with Crippen LogP contribution < -0.4 is 5.73 Å². The van der Waals surface area contributed by atoms with Crippen LogP contribution in [0.5, 0.6) is 0 Å². The van der Waals surface area contributed by atoms with Crippen LogP contribution in [0, 0.1) is 0 Å². The van der Waals surface area contributed by atoms with Gasteiger partial charge in [0.05, 0.1) is 0 Å². The highest BCUT2D eigenvalue weighted by Crippen LogP contribution is 2.19. The van der Waals surface area contributed by atoms with Gasteiger partial charge in [-0.2, -0.15) is 0 Å². The van der Waals surface area contributed by atoms with Gasteiger partial charge in [-0.25, -0.2) is 4.79 Å². The van der Waals surface area contributed by atoms with Crippen LogP contribution >= 0.6 is 0 Å². The zero-order valence-electron chi connectivity index (χ0n) is 8.70. The van der Waals surface area contributed by atoms with Gasteiger partial charge in [-0.1, -0.05) is 0 Å². The summed E-state index contributed by atoms with van der Waals surface area (Å²) in [6, 6.07) is 0.211. The molecule has 1 amide bonds. The number of amides is 1. The van der Waals surface area contributed by atoms with Gasteiger partial charge in [-0.05, 0) is 27.7 Å². The Kier molecular flexibility index (Phi) is 2.52. The molecule has 4 nitrogen and oxygen atoms in total. The predicted octanol–water partition coefficient (Wildman–Crippen LogP) is 0.953. The number of hydrogen-bond acceptors (Lipinski definition) is 3. The molecule has 2 atom stereocenters. The van der Waals surface area contributed by atoms with Crippen molar-refractivity contribution in [2.24, 2.45) is 5.73 Å². The largest absolute Gasteiger partial charge is 0.444 e. The Morgan fingerprint density at radius 1 is 1.54 bits per heavy atom. The molecule has 1 unspecified atom stereocenters.